The summed E-state index contributed by atoms with van der Waals surface area (Å²) in [6, 6.07) is 10.1. The van der Waals surface area contributed by atoms with Crippen molar-refractivity contribution in [1.29, 1.82) is 5.26 Å². The van der Waals surface area contributed by atoms with Gasteiger partial charge in [0.05, 0.1) is 25.7 Å². The topological polar surface area (TPSA) is 138 Å². The van der Waals surface area contributed by atoms with Crippen LogP contribution in [0.15, 0.2) is 30.3 Å². The minimum atomic E-state index is -1.17. The van der Waals surface area contributed by atoms with Gasteiger partial charge in [0.25, 0.3) is 0 Å². The molecule has 1 rings (SSSR count). The third-order valence-corrected chi connectivity index (χ3v) is 3.75. The van der Waals surface area contributed by atoms with Crippen molar-refractivity contribution in [3.8, 4) is 6.07 Å². The highest BCUT2D eigenvalue weighted by Crippen LogP contribution is 2.07. The van der Waals surface area contributed by atoms with Gasteiger partial charge >= 0.3 is 12.1 Å². The summed E-state index contributed by atoms with van der Waals surface area (Å²) in [5.41, 5.74) is 0.818. The van der Waals surface area contributed by atoms with Crippen LogP contribution in [0.4, 0.5) is 4.79 Å². The first-order valence-electron chi connectivity index (χ1n) is 8.75. The van der Waals surface area contributed by atoms with Crippen molar-refractivity contribution in [3.63, 3.8) is 0 Å². The molecule has 9 nitrogen and oxygen atoms in total. The minimum absolute atomic E-state index is 0.0845. The highest BCUT2D eigenvalue weighted by atomic mass is 16.5. The number of esters is 1. The summed E-state index contributed by atoms with van der Waals surface area (Å²) in [7, 11) is 1.18. The van der Waals surface area contributed by atoms with Crippen LogP contribution in [0.5, 0.6) is 0 Å². The lowest BCUT2D eigenvalue weighted by Crippen LogP contribution is -2.44. The molecule has 0 fully saturated rings. The van der Waals surface area contributed by atoms with Crippen LogP contribution in [0.2, 0.25) is 0 Å². The van der Waals surface area contributed by atoms with E-state index in [4.69, 9.17) is 10.00 Å². The lowest BCUT2D eigenvalue weighted by molar-refractivity contribution is -0.145. The van der Waals surface area contributed by atoms with Gasteiger partial charge in [0, 0.05) is 12.5 Å². The second-order valence-electron chi connectivity index (χ2n) is 6.21. The van der Waals surface area contributed by atoms with E-state index in [0.717, 1.165) is 5.56 Å². The van der Waals surface area contributed by atoms with Gasteiger partial charge in [0.15, 0.2) is 0 Å². The first-order chi connectivity index (χ1) is 13.3. The molecule has 3 atom stereocenters. The number of rotatable bonds is 10. The second kappa shape index (κ2) is 12.3. The quantitative estimate of drug-likeness (QED) is 0.503. The van der Waals surface area contributed by atoms with Crippen molar-refractivity contribution in [3.05, 3.63) is 35.9 Å². The van der Waals surface area contributed by atoms with Crippen LogP contribution in [-0.2, 0) is 25.7 Å². The predicted molar refractivity (Wildman–Crippen MR) is 98.6 cm³/mol. The molecule has 2 amide bonds. The normalized spacial score (nSPS) is 13.4. The fraction of sp³-hybridized carbons (Fsp3) is 0.474. The van der Waals surface area contributed by atoms with Gasteiger partial charge in [0.1, 0.15) is 12.6 Å². The van der Waals surface area contributed by atoms with Crippen LogP contribution in [0, 0.1) is 17.2 Å². The fourth-order valence-electron chi connectivity index (χ4n) is 2.28. The maximum absolute atomic E-state index is 12.0. The Morgan fingerprint density at radius 2 is 1.93 bits per heavy atom. The minimum Gasteiger partial charge on any atom is -0.467 e. The molecule has 1 aromatic carbocycles. The summed E-state index contributed by atoms with van der Waals surface area (Å²) in [4.78, 5) is 35.3. The molecule has 0 saturated carbocycles. The molecule has 0 aliphatic rings. The summed E-state index contributed by atoms with van der Waals surface area (Å²) in [6.07, 6.45) is -2.14. The molecule has 28 heavy (non-hydrogen) atoms. The number of carbonyl (C=O) groups excluding carboxylic acids is 3. The van der Waals surface area contributed by atoms with Crippen molar-refractivity contribution in [2.75, 3.05) is 13.7 Å². The number of amides is 2. The first kappa shape index (κ1) is 22.9. The predicted octanol–water partition coefficient (Wildman–Crippen LogP) is 0.871. The van der Waals surface area contributed by atoms with E-state index in [0.29, 0.717) is 0 Å². The lowest BCUT2D eigenvalue weighted by atomic mass is 10.0. The van der Waals surface area contributed by atoms with Crippen LogP contribution in [-0.4, -0.2) is 48.9 Å². The first-order valence-corrected chi connectivity index (χ1v) is 8.75. The van der Waals surface area contributed by atoms with Gasteiger partial charge in [-0.2, -0.15) is 5.26 Å². The average molecular weight is 391 g/mol. The number of carbonyl (C=O) groups is 3. The Bertz CT molecular complexity index is 689. The number of nitrogens with zero attached hydrogens (tertiary/aromatic N) is 1. The van der Waals surface area contributed by atoms with E-state index in [1.165, 1.54) is 7.11 Å². The summed E-state index contributed by atoms with van der Waals surface area (Å²) in [5, 5.41) is 23.5. The smallest absolute Gasteiger partial charge is 0.407 e. The molecule has 0 radical (unpaired) electrons. The third-order valence-electron chi connectivity index (χ3n) is 3.75. The Balaban J connectivity index is 2.36. The number of alkyl carbamates (subject to hydrolysis) is 1. The van der Waals surface area contributed by atoms with Crippen molar-refractivity contribution in [2.24, 2.45) is 5.92 Å². The van der Waals surface area contributed by atoms with Crippen LogP contribution in [0.1, 0.15) is 25.3 Å². The van der Waals surface area contributed by atoms with Crippen molar-refractivity contribution in [2.45, 2.75) is 38.5 Å². The number of hydrogen-bond donors (Lipinski definition) is 3. The van der Waals surface area contributed by atoms with E-state index in [1.807, 2.05) is 24.3 Å². The molecule has 1 aromatic rings. The molecular formula is C19H25N3O6. The summed E-state index contributed by atoms with van der Waals surface area (Å²) < 4.78 is 9.60. The monoisotopic (exact) mass is 391 g/mol. The zero-order valence-electron chi connectivity index (χ0n) is 15.9. The summed E-state index contributed by atoms with van der Waals surface area (Å²) in [6.45, 7) is 1.50. The van der Waals surface area contributed by atoms with Gasteiger partial charge in [-0.15, -0.1) is 0 Å². The molecule has 0 saturated heterocycles. The molecule has 0 heterocycles. The molecular weight excluding hydrogens is 366 g/mol. The Labute approximate surface area is 163 Å². The molecule has 0 spiro atoms. The number of aliphatic hydroxyl groups is 1. The van der Waals surface area contributed by atoms with E-state index >= 15 is 0 Å². The number of benzene rings is 1. The Morgan fingerprint density at radius 1 is 1.25 bits per heavy atom. The second-order valence-corrected chi connectivity index (χ2v) is 6.21. The molecule has 0 unspecified atom stereocenters. The number of nitriles is 1. The highest BCUT2D eigenvalue weighted by Gasteiger charge is 2.24. The van der Waals surface area contributed by atoms with Gasteiger partial charge in [0.2, 0.25) is 5.91 Å². The number of nitrogens with one attached hydrogen (secondary N) is 2. The lowest BCUT2D eigenvalue weighted by Gasteiger charge is -2.18. The fourth-order valence-corrected chi connectivity index (χ4v) is 2.28. The summed E-state index contributed by atoms with van der Waals surface area (Å²) >= 11 is 0. The Morgan fingerprint density at radius 3 is 2.54 bits per heavy atom. The van der Waals surface area contributed by atoms with E-state index in [1.54, 1.807) is 19.1 Å². The van der Waals surface area contributed by atoms with Crippen molar-refractivity contribution in [1.82, 2.24) is 10.6 Å². The van der Waals surface area contributed by atoms with E-state index in [9.17, 15) is 19.5 Å². The maximum atomic E-state index is 12.0. The van der Waals surface area contributed by atoms with Gasteiger partial charge in [-0.25, -0.2) is 9.59 Å². The van der Waals surface area contributed by atoms with Crippen LogP contribution in [0.25, 0.3) is 0 Å². The van der Waals surface area contributed by atoms with Gasteiger partial charge < -0.3 is 25.2 Å². The molecule has 3 N–H and O–H groups in total. The maximum Gasteiger partial charge on any atom is 0.407 e. The van der Waals surface area contributed by atoms with Gasteiger partial charge in [-0.1, -0.05) is 30.3 Å². The molecule has 0 aliphatic heterocycles. The van der Waals surface area contributed by atoms with Crippen molar-refractivity contribution < 1.29 is 29.0 Å². The highest BCUT2D eigenvalue weighted by molar-refractivity contribution is 5.84. The molecule has 9 heteroatoms. The zero-order valence-corrected chi connectivity index (χ0v) is 15.9. The zero-order chi connectivity index (χ0) is 20.9. The summed E-state index contributed by atoms with van der Waals surface area (Å²) in [5.74, 6) is -1.74. The number of aliphatic hydroxyl groups excluding tert-OH is 1. The Hall–Kier alpha value is -3.12. The van der Waals surface area contributed by atoms with E-state index in [-0.39, 0.29) is 26.0 Å². The van der Waals surface area contributed by atoms with Crippen LogP contribution >= 0.6 is 0 Å². The average Bonchev–Trinajstić information content (AvgIpc) is 2.70. The molecule has 0 aromatic heterocycles. The van der Waals surface area contributed by atoms with E-state index in [2.05, 4.69) is 15.4 Å². The standard InChI is InChI=1S/C19H25N3O6/c1-13(10-20)8-16(18(25)27-2)22-17(24)9-15(23)11-21-19(26)28-12-14-6-4-3-5-7-14/h3-7,13,15-16,23H,8-9,11-12H2,1-2H3,(H,21,26)(H,22,24)/t13-,15+,16-/m1/s1. The van der Waals surface area contributed by atoms with Crippen LogP contribution in [0.3, 0.4) is 0 Å². The SMILES string of the molecule is COC(=O)[C@@H](C[C@@H](C)C#N)NC(=O)C[C@H](O)CNC(=O)OCc1ccccc1. The number of hydrogen-bond acceptors (Lipinski definition) is 7. The largest absolute Gasteiger partial charge is 0.467 e. The molecule has 0 bridgehead atoms. The molecule has 0 aliphatic carbocycles. The Kier molecular flexibility index (Phi) is 10.1. The van der Waals surface area contributed by atoms with E-state index < -0.39 is 36.0 Å². The van der Waals surface area contributed by atoms with Crippen molar-refractivity contribution >= 4 is 18.0 Å². The van der Waals surface area contributed by atoms with Crippen LogP contribution < -0.4 is 10.6 Å². The van der Waals surface area contributed by atoms with Gasteiger partial charge in [-0.05, 0) is 18.9 Å². The molecule has 152 valence electrons. The number of ether oxygens (including phenoxy) is 2. The third kappa shape index (κ3) is 9.00. The number of methoxy groups -OCH3 is 1. The van der Waals surface area contributed by atoms with Gasteiger partial charge in [-0.3, -0.25) is 4.79 Å².